The van der Waals surface area contributed by atoms with Crippen LogP contribution in [0.2, 0.25) is 0 Å². The molecule has 0 bridgehead atoms. The standard InChI is InChI=1S/C18H16BrN5O/c1-10-5-4-6-14-11(2)7-15(22-16(10)14)24-17(13(8-20)9-21-24)23-18(25)12(3)19/h4-7,9,12H,1-3H3,(H,23,25). The van der Waals surface area contributed by atoms with Gasteiger partial charge in [0, 0.05) is 5.39 Å². The average molecular weight is 398 g/mol. The van der Waals surface area contributed by atoms with E-state index in [0.717, 1.165) is 22.0 Å². The number of carbonyl (C=O) groups excluding carboxylic acids is 1. The first-order valence-corrected chi connectivity index (χ1v) is 8.64. The molecule has 1 amide bonds. The number of halogens is 1. The minimum Gasteiger partial charge on any atom is -0.308 e. The van der Waals surface area contributed by atoms with Crippen LogP contribution in [0.3, 0.4) is 0 Å². The van der Waals surface area contributed by atoms with Gasteiger partial charge >= 0.3 is 0 Å². The van der Waals surface area contributed by atoms with Gasteiger partial charge in [0.1, 0.15) is 11.6 Å². The van der Waals surface area contributed by atoms with Crippen LogP contribution in [0.5, 0.6) is 0 Å². The lowest BCUT2D eigenvalue weighted by atomic mass is 10.1. The number of hydrogen-bond donors (Lipinski definition) is 1. The number of aromatic nitrogens is 3. The minimum absolute atomic E-state index is 0.257. The van der Waals surface area contributed by atoms with Gasteiger partial charge < -0.3 is 5.32 Å². The van der Waals surface area contributed by atoms with E-state index in [1.54, 1.807) is 6.92 Å². The van der Waals surface area contributed by atoms with Gasteiger partial charge in [0.15, 0.2) is 11.6 Å². The number of amides is 1. The van der Waals surface area contributed by atoms with E-state index in [1.165, 1.54) is 10.9 Å². The number of aryl methyl sites for hydroxylation is 2. The maximum absolute atomic E-state index is 12.1. The van der Waals surface area contributed by atoms with E-state index in [2.05, 4.69) is 32.4 Å². The lowest BCUT2D eigenvalue weighted by Gasteiger charge is -2.12. The second-order valence-corrected chi connectivity index (χ2v) is 7.18. The Balaban J connectivity index is 2.19. The van der Waals surface area contributed by atoms with E-state index in [9.17, 15) is 10.1 Å². The number of carbonyl (C=O) groups is 1. The Morgan fingerprint density at radius 3 is 2.80 bits per heavy atom. The van der Waals surface area contributed by atoms with E-state index in [-0.39, 0.29) is 11.5 Å². The van der Waals surface area contributed by atoms with E-state index in [1.807, 2.05) is 38.1 Å². The molecule has 25 heavy (non-hydrogen) atoms. The lowest BCUT2D eigenvalue weighted by molar-refractivity contribution is -0.115. The third-order valence-corrected chi connectivity index (χ3v) is 4.36. The van der Waals surface area contributed by atoms with Crippen molar-refractivity contribution < 1.29 is 4.79 Å². The predicted octanol–water partition coefficient (Wildman–Crippen LogP) is 3.63. The summed E-state index contributed by atoms with van der Waals surface area (Å²) in [4.78, 5) is 16.4. The Bertz CT molecular complexity index is 1020. The molecule has 1 aromatic carbocycles. The zero-order valence-electron chi connectivity index (χ0n) is 14.0. The van der Waals surface area contributed by atoms with Crippen LogP contribution in [-0.2, 0) is 4.79 Å². The van der Waals surface area contributed by atoms with Gasteiger partial charge in [-0.3, -0.25) is 4.79 Å². The molecule has 1 atom stereocenters. The molecule has 0 aliphatic heterocycles. The van der Waals surface area contributed by atoms with E-state index in [0.29, 0.717) is 11.6 Å². The minimum atomic E-state index is -0.393. The normalized spacial score (nSPS) is 12.0. The Morgan fingerprint density at radius 1 is 1.36 bits per heavy atom. The highest BCUT2D eigenvalue weighted by Gasteiger charge is 2.19. The molecule has 2 heterocycles. The monoisotopic (exact) mass is 397 g/mol. The average Bonchev–Trinajstić information content (AvgIpc) is 2.98. The van der Waals surface area contributed by atoms with Crippen LogP contribution >= 0.6 is 15.9 Å². The van der Waals surface area contributed by atoms with Crippen LogP contribution in [0, 0.1) is 25.2 Å². The van der Waals surface area contributed by atoms with Crippen molar-refractivity contribution in [2.45, 2.75) is 25.6 Å². The molecule has 0 radical (unpaired) electrons. The van der Waals surface area contributed by atoms with Crippen molar-refractivity contribution in [1.82, 2.24) is 14.8 Å². The molecular formula is C18H16BrN5O. The number of para-hydroxylation sites is 1. The largest absolute Gasteiger partial charge is 0.308 e. The molecule has 0 saturated heterocycles. The number of pyridine rings is 1. The lowest BCUT2D eigenvalue weighted by Crippen LogP contribution is -2.22. The topological polar surface area (TPSA) is 83.6 Å². The Hall–Kier alpha value is -2.72. The number of nitrogens with zero attached hydrogens (tertiary/aromatic N) is 4. The predicted molar refractivity (Wildman–Crippen MR) is 100 cm³/mol. The number of alkyl halides is 1. The van der Waals surface area contributed by atoms with Crippen molar-refractivity contribution in [2.24, 2.45) is 0 Å². The summed E-state index contributed by atoms with van der Waals surface area (Å²) in [5.41, 5.74) is 3.25. The molecule has 0 saturated carbocycles. The third kappa shape index (κ3) is 3.13. The summed E-state index contributed by atoms with van der Waals surface area (Å²) in [5, 5.41) is 17.4. The van der Waals surface area contributed by atoms with Crippen LogP contribution < -0.4 is 5.32 Å². The highest BCUT2D eigenvalue weighted by Crippen LogP contribution is 2.25. The van der Waals surface area contributed by atoms with Crippen molar-refractivity contribution in [2.75, 3.05) is 5.32 Å². The van der Waals surface area contributed by atoms with Crippen LogP contribution in [-0.4, -0.2) is 25.5 Å². The fourth-order valence-electron chi connectivity index (χ4n) is 2.59. The number of benzene rings is 1. The molecule has 0 aliphatic carbocycles. The Morgan fingerprint density at radius 2 is 2.12 bits per heavy atom. The molecule has 3 rings (SSSR count). The van der Waals surface area contributed by atoms with Crippen molar-refractivity contribution in [3.8, 4) is 11.9 Å². The SMILES string of the molecule is Cc1cc(-n2ncc(C#N)c2NC(=O)C(C)Br)nc2c(C)cccc12. The highest BCUT2D eigenvalue weighted by molar-refractivity contribution is 9.10. The first kappa shape index (κ1) is 17.1. The third-order valence-electron chi connectivity index (χ3n) is 3.94. The molecular weight excluding hydrogens is 382 g/mol. The number of anilines is 1. The van der Waals surface area contributed by atoms with Gasteiger partial charge in [0.05, 0.1) is 16.5 Å². The van der Waals surface area contributed by atoms with Crippen LogP contribution in [0.4, 0.5) is 5.82 Å². The van der Waals surface area contributed by atoms with Gasteiger partial charge in [-0.25, -0.2) is 4.98 Å². The van der Waals surface area contributed by atoms with Gasteiger partial charge in [0.25, 0.3) is 0 Å². The van der Waals surface area contributed by atoms with Crippen molar-refractivity contribution in [1.29, 1.82) is 5.26 Å². The smallest absolute Gasteiger partial charge is 0.239 e. The first-order chi connectivity index (χ1) is 11.9. The van der Waals surface area contributed by atoms with Crippen molar-refractivity contribution >= 4 is 38.6 Å². The van der Waals surface area contributed by atoms with Gasteiger partial charge in [-0.05, 0) is 38.0 Å². The Kier molecular flexibility index (Phi) is 4.55. The zero-order chi connectivity index (χ0) is 18.1. The van der Waals surface area contributed by atoms with Crippen LogP contribution in [0.1, 0.15) is 23.6 Å². The summed E-state index contributed by atoms with van der Waals surface area (Å²) in [7, 11) is 0. The van der Waals surface area contributed by atoms with E-state index < -0.39 is 4.83 Å². The van der Waals surface area contributed by atoms with Gasteiger partial charge in [-0.15, -0.1) is 0 Å². The first-order valence-electron chi connectivity index (χ1n) is 7.72. The van der Waals surface area contributed by atoms with Gasteiger partial charge in [-0.2, -0.15) is 15.0 Å². The number of nitriles is 1. The summed E-state index contributed by atoms with van der Waals surface area (Å²) < 4.78 is 1.49. The van der Waals surface area contributed by atoms with Crippen LogP contribution in [0.25, 0.3) is 16.7 Å². The van der Waals surface area contributed by atoms with E-state index >= 15 is 0 Å². The molecule has 1 unspecified atom stereocenters. The molecule has 0 spiro atoms. The molecule has 0 fully saturated rings. The molecule has 1 N–H and O–H groups in total. The molecule has 7 heteroatoms. The van der Waals surface area contributed by atoms with Crippen molar-refractivity contribution in [3.63, 3.8) is 0 Å². The second-order valence-electron chi connectivity index (χ2n) is 5.80. The second kappa shape index (κ2) is 6.65. The molecule has 0 aliphatic rings. The molecule has 2 aromatic heterocycles. The summed E-state index contributed by atoms with van der Waals surface area (Å²) in [6.45, 7) is 5.71. The van der Waals surface area contributed by atoms with Crippen LogP contribution in [0.15, 0.2) is 30.5 Å². The number of nitrogens with one attached hydrogen (secondary N) is 1. The summed E-state index contributed by atoms with van der Waals surface area (Å²) in [5.74, 6) is 0.615. The maximum atomic E-state index is 12.1. The molecule has 126 valence electrons. The Labute approximate surface area is 153 Å². The fourth-order valence-corrected chi connectivity index (χ4v) is 2.71. The van der Waals surface area contributed by atoms with Gasteiger partial charge in [0.2, 0.25) is 5.91 Å². The summed E-state index contributed by atoms with van der Waals surface area (Å²) >= 11 is 3.23. The summed E-state index contributed by atoms with van der Waals surface area (Å²) in [6, 6.07) is 9.96. The van der Waals surface area contributed by atoms with Crippen molar-refractivity contribution in [3.05, 3.63) is 47.2 Å². The number of fused-ring (bicyclic) bond motifs is 1. The fraction of sp³-hybridized carbons (Fsp3) is 0.222. The number of hydrogen-bond acceptors (Lipinski definition) is 4. The molecule has 3 aromatic rings. The zero-order valence-corrected chi connectivity index (χ0v) is 15.6. The summed E-state index contributed by atoms with van der Waals surface area (Å²) in [6.07, 6.45) is 1.42. The number of rotatable bonds is 3. The quantitative estimate of drug-likeness (QED) is 0.683. The maximum Gasteiger partial charge on any atom is 0.239 e. The van der Waals surface area contributed by atoms with Gasteiger partial charge in [-0.1, -0.05) is 34.1 Å². The molecule has 6 nitrogen and oxygen atoms in total. The van der Waals surface area contributed by atoms with E-state index in [4.69, 9.17) is 4.98 Å². The highest BCUT2D eigenvalue weighted by atomic mass is 79.9.